The number of unbranched alkanes of at least 4 members (excludes halogenated alkanes) is 3. The van der Waals surface area contributed by atoms with Gasteiger partial charge in [-0.3, -0.25) is 0 Å². The van der Waals surface area contributed by atoms with Gasteiger partial charge >= 0.3 is 0 Å². The van der Waals surface area contributed by atoms with Gasteiger partial charge in [0.05, 0.1) is 6.10 Å². The van der Waals surface area contributed by atoms with Crippen LogP contribution in [0.5, 0.6) is 5.88 Å². The fourth-order valence-electron chi connectivity index (χ4n) is 2.01. The molecule has 1 rings (SSSR count). The molecule has 0 aliphatic heterocycles. The maximum absolute atomic E-state index is 5.83. The highest BCUT2D eigenvalue weighted by atomic mass is 16.5. The fraction of sp³-hybridized carbons (Fsp3) is 0.688. The smallest absolute Gasteiger partial charge is 0.213 e. The second kappa shape index (κ2) is 8.92. The summed E-state index contributed by atoms with van der Waals surface area (Å²) < 4.78 is 5.83. The minimum Gasteiger partial charge on any atom is -0.475 e. The van der Waals surface area contributed by atoms with Crippen molar-refractivity contribution < 1.29 is 4.74 Å². The van der Waals surface area contributed by atoms with E-state index in [1.165, 1.54) is 31.2 Å². The molecule has 2 atom stereocenters. The molecular weight excluding hydrogens is 236 g/mol. The van der Waals surface area contributed by atoms with Crippen molar-refractivity contribution in [2.75, 3.05) is 7.05 Å². The number of nitrogens with zero attached hydrogens (tertiary/aromatic N) is 1. The van der Waals surface area contributed by atoms with Gasteiger partial charge in [0.25, 0.3) is 0 Å². The highest BCUT2D eigenvalue weighted by Crippen LogP contribution is 2.16. The Morgan fingerprint density at radius 2 is 2.00 bits per heavy atom. The molecule has 1 N–H and O–H groups in total. The van der Waals surface area contributed by atoms with Crippen LogP contribution >= 0.6 is 0 Å². The van der Waals surface area contributed by atoms with Crippen LogP contribution in [0.15, 0.2) is 18.3 Å². The summed E-state index contributed by atoms with van der Waals surface area (Å²) in [6.07, 6.45) is 8.39. The maximum Gasteiger partial charge on any atom is 0.213 e. The Labute approximate surface area is 117 Å². The van der Waals surface area contributed by atoms with Gasteiger partial charge in [0.2, 0.25) is 5.88 Å². The van der Waals surface area contributed by atoms with Gasteiger partial charge in [0.1, 0.15) is 0 Å². The Hall–Kier alpha value is -1.09. The first-order chi connectivity index (χ1) is 9.17. The van der Waals surface area contributed by atoms with Gasteiger partial charge < -0.3 is 10.1 Å². The number of pyridine rings is 1. The Bertz CT molecular complexity index is 337. The van der Waals surface area contributed by atoms with Crippen LogP contribution in [0.4, 0.5) is 0 Å². The van der Waals surface area contributed by atoms with E-state index in [0.29, 0.717) is 6.04 Å². The SMILES string of the molecule is CCCCCCC(C)Oc1ccc(C(C)NC)cn1. The minimum atomic E-state index is 0.247. The molecule has 1 aromatic heterocycles. The highest BCUT2D eigenvalue weighted by molar-refractivity contribution is 5.20. The van der Waals surface area contributed by atoms with Gasteiger partial charge in [-0.25, -0.2) is 4.98 Å². The molecule has 0 radical (unpaired) electrons. The number of aromatic nitrogens is 1. The molecule has 0 spiro atoms. The van der Waals surface area contributed by atoms with E-state index in [-0.39, 0.29) is 6.10 Å². The lowest BCUT2D eigenvalue weighted by Crippen LogP contribution is -2.14. The molecule has 108 valence electrons. The van der Waals surface area contributed by atoms with E-state index in [1.807, 2.05) is 19.3 Å². The summed E-state index contributed by atoms with van der Waals surface area (Å²) in [7, 11) is 1.95. The molecule has 3 nitrogen and oxygen atoms in total. The average Bonchev–Trinajstić information content (AvgIpc) is 2.43. The zero-order chi connectivity index (χ0) is 14.1. The first-order valence-electron chi connectivity index (χ1n) is 7.47. The monoisotopic (exact) mass is 264 g/mol. The average molecular weight is 264 g/mol. The number of ether oxygens (including phenoxy) is 1. The molecule has 1 heterocycles. The molecule has 0 saturated heterocycles. The van der Waals surface area contributed by atoms with Crippen LogP contribution in [-0.4, -0.2) is 18.1 Å². The molecule has 0 saturated carbocycles. The summed E-state index contributed by atoms with van der Waals surface area (Å²) in [5.41, 5.74) is 1.19. The second-order valence-corrected chi connectivity index (χ2v) is 5.22. The molecule has 0 amide bonds. The Morgan fingerprint density at radius 1 is 1.21 bits per heavy atom. The summed E-state index contributed by atoms with van der Waals surface area (Å²) in [4.78, 5) is 4.37. The number of rotatable bonds is 9. The molecule has 0 fully saturated rings. The van der Waals surface area contributed by atoms with Crippen LogP contribution in [-0.2, 0) is 0 Å². The van der Waals surface area contributed by atoms with Gasteiger partial charge in [-0.2, -0.15) is 0 Å². The first-order valence-corrected chi connectivity index (χ1v) is 7.47. The molecular formula is C16H28N2O. The normalized spacial score (nSPS) is 14.1. The van der Waals surface area contributed by atoms with Crippen LogP contribution in [0.25, 0.3) is 0 Å². The number of nitrogens with one attached hydrogen (secondary N) is 1. The van der Waals surface area contributed by atoms with Crippen molar-refractivity contribution in [3.05, 3.63) is 23.9 Å². The summed E-state index contributed by atoms with van der Waals surface area (Å²) >= 11 is 0. The van der Waals surface area contributed by atoms with Crippen molar-refractivity contribution in [3.8, 4) is 5.88 Å². The van der Waals surface area contributed by atoms with E-state index in [9.17, 15) is 0 Å². The molecule has 0 aromatic carbocycles. The fourth-order valence-corrected chi connectivity index (χ4v) is 2.01. The van der Waals surface area contributed by atoms with Gasteiger partial charge in [0.15, 0.2) is 0 Å². The van der Waals surface area contributed by atoms with Gasteiger partial charge in [-0.1, -0.05) is 32.3 Å². The molecule has 0 bridgehead atoms. The van der Waals surface area contributed by atoms with E-state index in [2.05, 4.69) is 37.1 Å². The van der Waals surface area contributed by atoms with Gasteiger partial charge in [-0.05, 0) is 39.3 Å². The second-order valence-electron chi connectivity index (χ2n) is 5.22. The minimum absolute atomic E-state index is 0.247. The Balaban J connectivity index is 2.36. The molecule has 0 aliphatic carbocycles. The van der Waals surface area contributed by atoms with Crippen molar-refractivity contribution in [3.63, 3.8) is 0 Å². The first kappa shape index (κ1) is 16.0. The van der Waals surface area contributed by atoms with E-state index in [4.69, 9.17) is 4.74 Å². The molecule has 1 aromatic rings. The van der Waals surface area contributed by atoms with Crippen molar-refractivity contribution in [2.45, 2.75) is 65.0 Å². The number of hydrogen-bond donors (Lipinski definition) is 1. The zero-order valence-corrected chi connectivity index (χ0v) is 12.8. The third kappa shape index (κ3) is 6.06. The lowest BCUT2D eigenvalue weighted by molar-refractivity contribution is 0.198. The van der Waals surface area contributed by atoms with Crippen molar-refractivity contribution in [1.29, 1.82) is 0 Å². The largest absolute Gasteiger partial charge is 0.475 e. The van der Waals surface area contributed by atoms with E-state index >= 15 is 0 Å². The molecule has 19 heavy (non-hydrogen) atoms. The highest BCUT2D eigenvalue weighted by Gasteiger charge is 2.07. The standard InChI is InChI=1S/C16H28N2O/c1-5-6-7-8-9-13(2)19-16-11-10-15(12-18-16)14(3)17-4/h10-14,17H,5-9H2,1-4H3. The van der Waals surface area contributed by atoms with Crippen LogP contribution in [0, 0.1) is 0 Å². The predicted octanol–water partition coefficient (Wildman–Crippen LogP) is 4.10. The van der Waals surface area contributed by atoms with Crippen LogP contribution < -0.4 is 10.1 Å². The van der Waals surface area contributed by atoms with Gasteiger partial charge in [0, 0.05) is 18.3 Å². The Kier molecular flexibility index (Phi) is 7.49. The van der Waals surface area contributed by atoms with Crippen molar-refractivity contribution in [1.82, 2.24) is 10.3 Å². The van der Waals surface area contributed by atoms with Crippen LogP contribution in [0.1, 0.15) is 64.5 Å². The van der Waals surface area contributed by atoms with E-state index < -0.39 is 0 Å². The third-order valence-electron chi connectivity index (χ3n) is 3.48. The predicted molar refractivity (Wildman–Crippen MR) is 80.6 cm³/mol. The molecule has 2 unspecified atom stereocenters. The van der Waals surface area contributed by atoms with Crippen LogP contribution in [0.3, 0.4) is 0 Å². The van der Waals surface area contributed by atoms with Crippen molar-refractivity contribution >= 4 is 0 Å². The Morgan fingerprint density at radius 3 is 2.58 bits per heavy atom. The molecule has 0 aliphatic rings. The summed E-state index contributed by atoms with van der Waals surface area (Å²) in [5.74, 6) is 0.732. The summed E-state index contributed by atoms with van der Waals surface area (Å²) in [6, 6.07) is 4.37. The molecule has 3 heteroatoms. The lowest BCUT2D eigenvalue weighted by atomic mass is 10.1. The topological polar surface area (TPSA) is 34.1 Å². The maximum atomic E-state index is 5.83. The summed E-state index contributed by atoms with van der Waals surface area (Å²) in [6.45, 7) is 6.48. The quantitative estimate of drug-likeness (QED) is 0.682. The van der Waals surface area contributed by atoms with E-state index in [1.54, 1.807) is 0 Å². The van der Waals surface area contributed by atoms with Gasteiger partial charge in [-0.15, -0.1) is 0 Å². The third-order valence-corrected chi connectivity index (χ3v) is 3.48. The van der Waals surface area contributed by atoms with E-state index in [0.717, 1.165) is 12.3 Å². The summed E-state index contributed by atoms with van der Waals surface area (Å²) in [5, 5.41) is 3.20. The van der Waals surface area contributed by atoms with Crippen LogP contribution in [0.2, 0.25) is 0 Å². The van der Waals surface area contributed by atoms with Crippen molar-refractivity contribution in [2.24, 2.45) is 0 Å². The zero-order valence-electron chi connectivity index (χ0n) is 12.8. The number of hydrogen-bond acceptors (Lipinski definition) is 3. The lowest BCUT2D eigenvalue weighted by Gasteiger charge is -2.15.